The maximum Gasteiger partial charge on any atom is 0.314 e. The van der Waals surface area contributed by atoms with Crippen LogP contribution in [0.1, 0.15) is 26.2 Å². The number of rotatable bonds is 5. The minimum atomic E-state index is -0.152. The van der Waals surface area contributed by atoms with Gasteiger partial charge >= 0.3 is 6.03 Å². The van der Waals surface area contributed by atoms with Gasteiger partial charge in [-0.2, -0.15) is 0 Å². The number of benzene rings is 2. The Balaban J connectivity index is 1.60. The lowest BCUT2D eigenvalue weighted by Crippen LogP contribution is -2.41. The summed E-state index contributed by atoms with van der Waals surface area (Å²) in [5.41, 5.74) is 3.18. The van der Waals surface area contributed by atoms with Gasteiger partial charge in [-0.05, 0) is 49.4 Å². The van der Waals surface area contributed by atoms with Crippen molar-refractivity contribution in [1.82, 2.24) is 10.6 Å². The second-order valence-corrected chi connectivity index (χ2v) is 7.02. The molecule has 0 saturated heterocycles. The summed E-state index contributed by atoms with van der Waals surface area (Å²) >= 11 is 0. The second kappa shape index (κ2) is 8.71. The van der Waals surface area contributed by atoms with Gasteiger partial charge in [-0.25, -0.2) is 4.79 Å². The Morgan fingerprint density at radius 3 is 2.33 bits per heavy atom. The number of amides is 3. The van der Waals surface area contributed by atoms with Crippen molar-refractivity contribution in [3.05, 3.63) is 54.6 Å². The van der Waals surface area contributed by atoms with E-state index in [0.717, 1.165) is 29.7 Å². The summed E-state index contributed by atoms with van der Waals surface area (Å²) in [5, 5.41) is 5.69. The molecule has 0 heterocycles. The molecule has 3 amide bonds. The van der Waals surface area contributed by atoms with Gasteiger partial charge in [0.15, 0.2) is 0 Å². The summed E-state index contributed by atoms with van der Waals surface area (Å²) in [4.78, 5) is 26.2. The molecule has 2 N–H and O–H groups in total. The predicted octanol–water partition coefficient (Wildman–Crippen LogP) is 3.80. The molecule has 5 heteroatoms. The first kappa shape index (κ1) is 19.0. The zero-order valence-corrected chi connectivity index (χ0v) is 15.9. The Morgan fingerprint density at radius 2 is 1.67 bits per heavy atom. The zero-order valence-electron chi connectivity index (χ0n) is 15.9. The first-order chi connectivity index (χ1) is 13.1. The monoisotopic (exact) mass is 365 g/mol. The summed E-state index contributed by atoms with van der Waals surface area (Å²) in [6, 6.07) is 18.2. The molecular weight excluding hydrogens is 338 g/mol. The SMILES string of the molecule is CCNC(=O)NC1CCC(C(=O)N(C)c2ccc(-c3ccccc3)cc2)C1. The Morgan fingerprint density at radius 1 is 1.00 bits per heavy atom. The van der Waals surface area contributed by atoms with E-state index >= 15 is 0 Å². The van der Waals surface area contributed by atoms with Gasteiger partial charge in [0.2, 0.25) is 5.91 Å². The van der Waals surface area contributed by atoms with E-state index in [1.807, 2.05) is 56.4 Å². The number of hydrogen-bond acceptors (Lipinski definition) is 2. The lowest BCUT2D eigenvalue weighted by molar-refractivity contribution is -0.121. The van der Waals surface area contributed by atoms with Crippen molar-refractivity contribution in [2.24, 2.45) is 5.92 Å². The van der Waals surface area contributed by atoms with Crippen molar-refractivity contribution < 1.29 is 9.59 Å². The van der Waals surface area contributed by atoms with Crippen LogP contribution in [0.4, 0.5) is 10.5 Å². The summed E-state index contributed by atoms with van der Waals surface area (Å²) in [5.74, 6) is 0.0680. The van der Waals surface area contributed by atoms with Crippen LogP contribution in [0.15, 0.2) is 54.6 Å². The number of anilines is 1. The second-order valence-electron chi connectivity index (χ2n) is 7.02. The number of urea groups is 1. The molecule has 3 rings (SSSR count). The van der Waals surface area contributed by atoms with Crippen LogP contribution in [0.3, 0.4) is 0 Å². The topological polar surface area (TPSA) is 61.4 Å². The molecule has 2 atom stereocenters. The molecule has 1 fully saturated rings. The van der Waals surface area contributed by atoms with Crippen molar-refractivity contribution in [3.63, 3.8) is 0 Å². The van der Waals surface area contributed by atoms with Crippen LogP contribution in [0.5, 0.6) is 0 Å². The van der Waals surface area contributed by atoms with Crippen molar-refractivity contribution in [3.8, 4) is 11.1 Å². The lowest BCUT2D eigenvalue weighted by Gasteiger charge is -2.22. The quantitative estimate of drug-likeness (QED) is 0.846. The van der Waals surface area contributed by atoms with Gasteiger partial charge in [-0.3, -0.25) is 4.79 Å². The van der Waals surface area contributed by atoms with Gasteiger partial charge in [0.25, 0.3) is 0 Å². The highest BCUT2D eigenvalue weighted by Gasteiger charge is 2.32. The molecule has 0 aromatic heterocycles. The summed E-state index contributed by atoms with van der Waals surface area (Å²) in [6.45, 7) is 2.49. The average Bonchev–Trinajstić information content (AvgIpc) is 3.16. The molecule has 2 aromatic carbocycles. The third-order valence-corrected chi connectivity index (χ3v) is 5.15. The van der Waals surface area contributed by atoms with Crippen LogP contribution in [0.25, 0.3) is 11.1 Å². The largest absolute Gasteiger partial charge is 0.338 e. The lowest BCUT2D eigenvalue weighted by atomic mass is 10.0. The van der Waals surface area contributed by atoms with E-state index in [2.05, 4.69) is 22.8 Å². The van der Waals surface area contributed by atoms with E-state index in [-0.39, 0.29) is 23.9 Å². The number of carbonyl (C=O) groups excluding carboxylic acids is 2. The first-order valence-electron chi connectivity index (χ1n) is 9.56. The number of hydrogen-bond donors (Lipinski definition) is 2. The van der Waals surface area contributed by atoms with Gasteiger partial charge in [0.1, 0.15) is 0 Å². The van der Waals surface area contributed by atoms with Crippen LogP contribution < -0.4 is 15.5 Å². The molecule has 2 aromatic rings. The molecule has 27 heavy (non-hydrogen) atoms. The zero-order chi connectivity index (χ0) is 19.2. The molecule has 0 spiro atoms. The predicted molar refractivity (Wildman–Crippen MR) is 109 cm³/mol. The molecule has 1 saturated carbocycles. The summed E-state index contributed by atoms with van der Waals surface area (Å²) in [7, 11) is 1.82. The molecule has 5 nitrogen and oxygen atoms in total. The highest BCUT2D eigenvalue weighted by atomic mass is 16.2. The smallest absolute Gasteiger partial charge is 0.314 e. The molecule has 2 unspecified atom stereocenters. The van der Waals surface area contributed by atoms with E-state index in [1.165, 1.54) is 0 Å². The van der Waals surface area contributed by atoms with E-state index in [0.29, 0.717) is 13.0 Å². The minimum absolute atomic E-state index is 0.0456. The molecule has 0 aliphatic heterocycles. The third-order valence-electron chi connectivity index (χ3n) is 5.15. The maximum absolute atomic E-state index is 12.9. The number of carbonyl (C=O) groups is 2. The van der Waals surface area contributed by atoms with Gasteiger partial charge in [0.05, 0.1) is 0 Å². The van der Waals surface area contributed by atoms with Gasteiger partial charge < -0.3 is 15.5 Å². The van der Waals surface area contributed by atoms with Crippen molar-refractivity contribution in [1.29, 1.82) is 0 Å². The number of nitrogens with one attached hydrogen (secondary N) is 2. The van der Waals surface area contributed by atoms with E-state index in [4.69, 9.17) is 0 Å². The van der Waals surface area contributed by atoms with Crippen LogP contribution >= 0.6 is 0 Å². The third kappa shape index (κ3) is 4.67. The first-order valence-corrected chi connectivity index (χ1v) is 9.56. The molecule has 0 radical (unpaired) electrons. The fourth-order valence-electron chi connectivity index (χ4n) is 3.64. The van der Waals surface area contributed by atoms with E-state index in [1.54, 1.807) is 4.90 Å². The Labute approximate surface area is 160 Å². The molecule has 0 bridgehead atoms. The summed E-state index contributed by atoms with van der Waals surface area (Å²) < 4.78 is 0. The Bertz CT molecular complexity index is 774. The maximum atomic E-state index is 12.9. The molecule has 1 aliphatic carbocycles. The van der Waals surface area contributed by atoms with Gasteiger partial charge in [-0.15, -0.1) is 0 Å². The van der Waals surface area contributed by atoms with Crippen LogP contribution in [-0.4, -0.2) is 31.6 Å². The van der Waals surface area contributed by atoms with Gasteiger partial charge in [-0.1, -0.05) is 42.5 Å². The van der Waals surface area contributed by atoms with Gasteiger partial charge in [0, 0.05) is 31.2 Å². The van der Waals surface area contributed by atoms with Crippen molar-refractivity contribution in [2.45, 2.75) is 32.2 Å². The van der Waals surface area contributed by atoms with Crippen LogP contribution in [-0.2, 0) is 4.79 Å². The number of nitrogens with zero attached hydrogens (tertiary/aromatic N) is 1. The fraction of sp³-hybridized carbons (Fsp3) is 0.364. The van der Waals surface area contributed by atoms with Crippen molar-refractivity contribution >= 4 is 17.6 Å². The van der Waals surface area contributed by atoms with Crippen molar-refractivity contribution in [2.75, 3.05) is 18.5 Å². The highest BCUT2D eigenvalue weighted by Crippen LogP contribution is 2.29. The minimum Gasteiger partial charge on any atom is -0.338 e. The fourth-order valence-corrected chi connectivity index (χ4v) is 3.64. The molecule has 142 valence electrons. The van der Waals surface area contributed by atoms with E-state index in [9.17, 15) is 9.59 Å². The average molecular weight is 365 g/mol. The molecule has 1 aliphatic rings. The van der Waals surface area contributed by atoms with Crippen LogP contribution in [0.2, 0.25) is 0 Å². The summed E-state index contributed by atoms with van der Waals surface area (Å²) in [6.07, 6.45) is 2.35. The highest BCUT2D eigenvalue weighted by molar-refractivity contribution is 5.95. The molecular formula is C22H27N3O2. The van der Waals surface area contributed by atoms with Crippen LogP contribution in [0, 0.1) is 5.92 Å². The van der Waals surface area contributed by atoms with E-state index < -0.39 is 0 Å². The Hall–Kier alpha value is -2.82. The standard InChI is InChI=1S/C22H27N3O2/c1-3-23-22(27)24-19-12-9-18(15-19)21(26)25(2)20-13-10-17(11-14-20)16-7-5-4-6-8-16/h4-8,10-11,13-14,18-19H,3,9,12,15H2,1-2H3,(H2,23,24,27). The Kier molecular flexibility index (Phi) is 6.12. The normalized spacial score (nSPS) is 18.7.